The van der Waals surface area contributed by atoms with Gasteiger partial charge >= 0.3 is 0 Å². The number of hydrogen-bond donors (Lipinski definition) is 1. The zero-order chi connectivity index (χ0) is 20.2. The van der Waals surface area contributed by atoms with Crippen molar-refractivity contribution in [2.75, 3.05) is 19.5 Å². The summed E-state index contributed by atoms with van der Waals surface area (Å²) in [5, 5.41) is 4.46. The number of hydrogen-bond acceptors (Lipinski definition) is 5. The van der Waals surface area contributed by atoms with Gasteiger partial charge in [0.15, 0.2) is 11.5 Å². The standard InChI is InChI=1S/C24H22N2O3/c1-16-13-18(29-17-7-5-4-6-8-17)9-10-20(16)26-21-11-12-25-22-15-24(28-3)23(27-2)14-19(21)22/h4-15H,1-3H3,(H,25,26). The molecule has 29 heavy (non-hydrogen) atoms. The number of fused-ring (bicyclic) bond motifs is 1. The van der Waals surface area contributed by atoms with Crippen molar-refractivity contribution >= 4 is 22.3 Å². The van der Waals surface area contributed by atoms with Crippen LogP contribution in [0.1, 0.15) is 5.56 Å². The molecule has 1 N–H and O–H groups in total. The Morgan fingerprint density at radius 2 is 1.52 bits per heavy atom. The molecule has 5 nitrogen and oxygen atoms in total. The second kappa shape index (κ2) is 8.10. The van der Waals surface area contributed by atoms with Gasteiger partial charge in [0, 0.05) is 29.0 Å². The van der Waals surface area contributed by atoms with Crippen molar-refractivity contribution in [2.45, 2.75) is 6.92 Å². The van der Waals surface area contributed by atoms with Crippen molar-refractivity contribution in [1.29, 1.82) is 0 Å². The van der Waals surface area contributed by atoms with Crippen LogP contribution in [0, 0.1) is 6.92 Å². The van der Waals surface area contributed by atoms with E-state index < -0.39 is 0 Å². The van der Waals surface area contributed by atoms with E-state index in [0.717, 1.165) is 39.3 Å². The van der Waals surface area contributed by atoms with Gasteiger partial charge in [-0.3, -0.25) is 4.98 Å². The van der Waals surface area contributed by atoms with E-state index in [0.29, 0.717) is 11.5 Å². The Bertz CT molecular complexity index is 1140. The maximum atomic E-state index is 5.92. The van der Waals surface area contributed by atoms with Gasteiger partial charge in [0.2, 0.25) is 0 Å². The fourth-order valence-corrected chi connectivity index (χ4v) is 3.19. The topological polar surface area (TPSA) is 52.6 Å². The molecule has 0 amide bonds. The van der Waals surface area contributed by atoms with E-state index in [1.54, 1.807) is 20.4 Å². The lowest BCUT2D eigenvalue weighted by molar-refractivity contribution is 0.356. The molecule has 4 aromatic rings. The van der Waals surface area contributed by atoms with Crippen LogP contribution in [0.25, 0.3) is 10.9 Å². The molecule has 0 saturated carbocycles. The van der Waals surface area contributed by atoms with Crippen LogP contribution in [-0.2, 0) is 0 Å². The van der Waals surface area contributed by atoms with E-state index >= 15 is 0 Å². The van der Waals surface area contributed by atoms with Crippen LogP contribution in [0.4, 0.5) is 11.4 Å². The average molecular weight is 386 g/mol. The molecule has 0 aliphatic rings. The smallest absolute Gasteiger partial charge is 0.162 e. The SMILES string of the molecule is COc1cc2nccc(Nc3ccc(Oc4ccccc4)cc3C)c2cc1OC. The summed E-state index contributed by atoms with van der Waals surface area (Å²) in [7, 11) is 3.25. The molecule has 0 aliphatic heterocycles. The molecular weight excluding hydrogens is 364 g/mol. The van der Waals surface area contributed by atoms with Crippen molar-refractivity contribution in [2.24, 2.45) is 0 Å². The first-order valence-corrected chi connectivity index (χ1v) is 9.29. The number of aromatic nitrogens is 1. The molecule has 0 radical (unpaired) electrons. The van der Waals surface area contributed by atoms with Gasteiger partial charge in [0.25, 0.3) is 0 Å². The van der Waals surface area contributed by atoms with Crippen LogP contribution in [0.2, 0.25) is 0 Å². The molecule has 0 atom stereocenters. The molecule has 4 rings (SSSR count). The van der Waals surface area contributed by atoms with Crippen LogP contribution in [0.3, 0.4) is 0 Å². The zero-order valence-corrected chi connectivity index (χ0v) is 16.6. The lowest BCUT2D eigenvalue weighted by Gasteiger charge is -2.15. The average Bonchev–Trinajstić information content (AvgIpc) is 2.75. The monoisotopic (exact) mass is 386 g/mol. The molecule has 3 aromatic carbocycles. The molecule has 0 bridgehead atoms. The van der Waals surface area contributed by atoms with E-state index in [9.17, 15) is 0 Å². The van der Waals surface area contributed by atoms with E-state index in [-0.39, 0.29) is 0 Å². The van der Waals surface area contributed by atoms with Crippen molar-refractivity contribution in [3.63, 3.8) is 0 Å². The summed E-state index contributed by atoms with van der Waals surface area (Å²) in [4.78, 5) is 4.46. The Hall–Kier alpha value is -3.73. The number of pyridine rings is 1. The third-order valence-corrected chi connectivity index (χ3v) is 4.69. The lowest BCUT2D eigenvalue weighted by atomic mass is 10.1. The predicted octanol–water partition coefficient (Wildman–Crippen LogP) is 6.10. The van der Waals surface area contributed by atoms with Crippen molar-refractivity contribution in [1.82, 2.24) is 4.98 Å². The largest absolute Gasteiger partial charge is 0.493 e. The lowest BCUT2D eigenvalue weighted by Crippen LogP contribution is -1.97. The first-order valence-electron chi connectivity index (χ1n) is 9.29. The minimum absolute atomic E-state index is 0.656. The molecule has 0 fully saturated rings. The van der Waals surface area contributed by atoms with Crippen LogP contribution < -0.4 is 19.5 Å². The number of rotatable bonds is 6. The summed E-state index contributed by atoms with van der Waals surface area (Å²) >= 11 is 0. The summed E-state index contributed by atoms with van der Waals surface area (Å²) in [6, 6.07) is 21.5. The summed E-state index contributed by atoms with van der Waals surface area (Å²) < 4.78 is 16.8. The van der Waals surface area contributed by atoms with Gasteiger partial charge in [-0.2, -0.15) is 0 Å². The normalized spacial score (nSPS) is 10.6. The Kier molecular flexibility index (Phi) is 5.20. The number of nitrogens with one attached hydrogen (secondary N) is 1. The highest BCUT2D eigenvalue weighted by molar-refractivity contribution is 5.95. The number of methoxy groups -OCH3 is 2. The fraction of sp³-hybridized carbons (Fsp3) is 0.125. The predicted molar refractivity (Wildman–Crippen MR) is 116 cm³/mol. The van der Waals surface area contributed by atoms with Gasteiger partial charge in [0.05, 0.1) is 19.7 Å². The summed E-state index contributed by atoms with van der Waals surface area (Å²) in [5.41, 5.74) is 3.83. The number of para-hydroxylation sites is 1. The minimum atomic E-state index is 0.656. The van der Waals surface area contributed by atoms with Gasteiger partial charge in [-0.05, 0) is 55.0 Å². The fourth-order valence-electron chi connectivity index (χ4n) is 3.19. The highest BCUT2D eigenvalue weighted by atomic mass is 16.5. The van der Waals surface area contributed by atoms with Gasteiger partial charge in [-0.25, -0.2) is 0 Å². The third kappa shape index (κ3) is 3.94. The van der Waals surface area contributed by atoms with Gasteiger partial charge in [-0.1, -0.05) is 18.2 Å². The Labute approximate surface area is 169 Å². The first kappa shape index (κ1) is 18.6. The van der Waals surface area contributed by atoms with Crippen LogP contribution in [0.5, 0.6) is 23.0 Å². The summed E-state index contributed by atoms with van der Waals surface area (Å²) in [6.07, 6.45) is 1.78. The number of nitrogens with zero attached hydrogens (tertiary/aromatic N) is 1. The molecule has 1 heterocycles. The molecule has 0 spiro atoms. The van der Waals surface area contributed by atoms with Crippen molar-refractivity contribution in [3.8, 4) is 23.0 Å². The van der Waals surface area contributed by atoms with Gasteiger partial charge in [0.1, 0.15) is 11.5 Å². The van der Waals surface area contributed by atoms with Crippen LogP contribution in [-0.4, -0.2) is 19.2 Å². The second-order valence-corrected chi connectivity index (χ2v) is 6.60. The van der Waals surface area contributed by atoms with Gasteiger partial charge in [-0.15, -0.1) is 0 Å². The van der Waals surface area contributed by atoms with Crippen molar-refractivity contribution < 1.29 is 14.2 Å². The highest BCUT2D eigenvalue weighted by Crippen LogP contribution is 2.36. The quantitative estimate of drug-likeness (QED) is 0.434. The Balaban J connectivity index is 1.64. The maximum absolute atomic E-state index is 5.92. The maximum Gasteiger partial charge on any atom is 0.162 e. The van der Waals surface area contributed by atoms with Crippen LogP contribution in [0.15, 0.2) is 72.9 Å². The molecular formula is C24H22N2O3. The second-order valence-electron chi connectivity index (χ2n) is 6.60. The van der Waals surface area contributed by atoms with Crippen molar-refractivity contribution in [3.05, 3.63) is 78.5 Å². The Morgan fingerprint density at radius 1 is 0.759 bits per heavy atom. The number of aryl methyl sites for hydroxylation is 1. The summed E-state index contributed by atoms with van der Waals surface area (Å²) in [5.74, 6) is 2.93. The van der Waals surface area contributed by atoms with E-state index in [4.69, 9.17) is 14.2 Å². The molecule has 0 saturated heterocycles. The van der Waals surface area contributed by atoms with E-state index in [1.807, 2.05) is 73.7 Å². The molecule has 146 valence electrons. The summed E-state index contributed by atoms with van der Waals surface area (Å²) in [6.45, 7) is 2.05. The van der Waals surface area contributed by atoms with Gasteiger partial charge < -0.3 is 19.5 Å². The molecule has 1 aromatic heterocycles. The van der Waals surface area contributed by atoms with Crippen LogP contribution >= 0.6 is 0 Å². The molecule has 0 aliphatic carbocycles. The first-order chi connectivity index (χ1) is 14.2. The zero-order valence-electron chi connectivity index (χ0n) is 16.6. The molecule has 5 heteroatoms. The number of ether oxygens (including phenoxy) is 3. The third-order valence-electron chi connectivity index (χ3n) is 4.69. The molecule has 0 unspecified atom stereocenters. The minimum Gasteiger partial charge on any atom is -0.493 e. The van der Waals surface area contributed by atoms with E-state index in [2.05, 4.69) is 10.3 Å². The van der Waals surface area contributed by atoms with E-state index in [1.165, 1.54) is 0 Å². The Morgan fingerprint density at radius 3 is 2.24 bits per heavy atom. The number of anilines is 2. The highest BCUT2D eigenvalue weighted by Gasteiger charge is 2.11. The number of benzene rings is 3.